The summed E-state index contributed by atoms with van der Waals surface area (Å²) >= 11 is 1.72. The number of hydrogen-bond donors (Lipinski definition) is 2. The van der Waals surface area contributed by atoms with Crippen LogP contribution in [0.2, 0.25) is 0 Å². The van der Waals surface area contributed by atoms with Crippen LogP contribution in [0.15, 0.2) is 17.5 Å². The van der Waals surface area contributed by atoms with Gasteiger partial charge in [0.1, 0.15) is 6.04 Å². The summed E-state index contributed by atoms with van der Waals surface area (Å²) < 4.78 is 0. The third kappa shape index (κ3) is 4.86. The van der Waals surface area contributed by atoms with Gasteiger partial charge in [-0.3, -0.25) is 4.79 Å². The number of amides is 3. The molecule has 1 fully saturated rings. The molecule has 2 heterocycles. The summed E-state index contributed by atoms with van der Waals surface area (Å²) in [6, 6.07) is 3.57. The molecular weight excluding hydrogens is 312 g/mol. The van der Waals surface area contributed by atoms with Crippen molar-refractivity contribution in [2.24, 2.45) is 0 Å². The van der Waals surface area contributed by atoms with Gasteiger partial charge in [-0.1, -0.05) is 6.92 Å². The van der Waals surface area contributed by atoms with Crippen LogP contribution in [0.3, 0.4) is 0 Å². The summed E-state index contributed by atoms with van der Waals surface area (Å²) in [5.41, 5.74) is 0. The number of piperazine rings is 1. The number of urea groups is 1. The lowest BCUT2D eigenvalue weighted by molar-refractivity contribution is -0.123. The zero-order chi connectivity index (χ0) is 16.8. The van der Waals surface area contributed by atoms with Gasteiger partial charge in [0.2, 0.25) is 5.91 Å². The Morgan fingerprint density at radius 3 is 2.48 bits per heavy atom. The van der Waals surface area contributed by atoms with Crippen molar-refractivity contribution in [2.45, 2.75) is 39.3 Å². The molecule has 2 unspecified atom stereocenters. The van der Waals surface area contributed by atoms with Gasteiger partial charge in [-0.15, -0.1) is 11.3 Å². The maximum absolute atomic E-state index is 12.3. The minimum Gasteiger partial charge on any atom is -0.360 e. The predicted octanol–water partition coefficient (Wildman–Crippen LogP) is 1.88. The van der Waals surface area contributed by atoms with Crippen molar-refractivity contribution in [3.8, 4) is 0 Å². The third-order valence-corrected chi connectivity index (χ3v) is 5.05. The first-order valence-corrected chi connectivity index (χ1v) is 9.03. The van der Waals surface area contributed by atoms with Crippen LogP contribution in [-0.4, -0.2) is 55.1 Å². The first-order valence-electron chi connectivity index (χ1n) is 8.15. The molecule has 6 nitrogen and oxygen atoms in total. The quantitative estimate of drug-likeness (QED) is 0.862. The summed E-state index contributed by atoms with van der Waals surface area (Å²) in [6.45, 7) is 8.67. The molecular formula is C16H26N4O2S. The molecule has 0 saturated carbocycles. The summed E-state index contributed by atoms with van der Waals surface area (Å²) in [6.07, 6.45) is 0.872. The highest BCUT2D eigenvalue weighted by molar-refractivity contribution is 7.14. The number of nitrogens with one attached hydrogen (secondary N) is 2. The van der Waals surface area contributed by atoms with E-state index < -0.39 is 6.04 Å². The minimum atomic E-state index is -0.521. The molecule has 1 saturated heterocycles. The van der Waals surface area contributed by atoms with Crippen molar-refractivity contribution in [1.82, 2.24) is 15.5 Å². The van der Waals surface area contributed by atoms with Gasteiger partial charge < -0.3 is 20.4 Å². The SMILES string of the molecule is CCC(C)NC(=O)C(C)NC(=O)N1CCN(c2cccs2)CC1. The first-order chi connectivity index (χ1) is 11.0. The lowest BCUT2D eigenvalue weighted by Gasteiger charge is -2.35. The number of thiophene rings is 1. The summed E-state index contributed by atoms with van der Waals surface area (Å²) in [7, 11) is 0. The fraction of sp³-hybridized carbons (Fsp3) is 0.625. The molecule has 0 bridgehead atoms. The average Bonchev–Trinajstić information content (AvgIpc) is 3.09. The van der Waals surface area contributed by atoms with E-state index in [0.29, 0.717) is 13.1 Å². The van der Waals surface area contributed by atoms with Crippen LogP contribution in [0.1, 0.15) is 27.2 Å². The van der Waals surface area contributed by atoms with E-state index in [1.807, 2.05) is 19.9 Å². The Labute approximate surface area is 141 Å². The van der Waals surface area contributed by atoms with E-state index in [1.54, 1.807) is 23.2 Å². The molecule has 3 amide bonds. The Bertz CT molecular complexity index is 512. The molecule has 128 valence electrons. The summed E-state index contributed by atoms with van der Waals surface area (Å²) in [4.78, 5) is 28.3. The van der Waals surface area contributed by atoms with Crippen LogP contribution in [0.4, 0.5) is 9.80 Å². The second-order valence-corrected chi connectivity index (χ2v) is 6.84. The molecule has 0 aliphatic carbocycles. The van der Waals surface area contributed by atoms with Crippen molar-refractivity contribution in [1.29, 1.82) is 0 Å². The first kappa shape index (κ1) is 17.6. The maximum atomic E-state index is 12.3. The van der Waals surface area contributed by atoms with Crippen molar-refractivity contribution in [3.05, 3.63) is 17.5 Å². The summed E-state index contributed by atoms with van der Waals surface area (Å²) in [5, 5.41) is 8.98. The Balaban J connectivity index is 1.77. The van der Waals surface area contributed by atoms with Crippen LogP contribution in [0.25, 0.3) is 0 Å². The van der Waals surface area contributed by atoms with E-state index in [0.717, 1.165) is 19.5 Å². The largest absolute Gasteiger partial charge is 0.360 e. The van der Waals surface area contributed by atoms with Crippen LogP contribution in [0.5, 0.6) is 0 Å². The van der Waals surface area contributed by atoms with Gasteiger partial charge in [-0.2, -0.15) is 0 Å². The Kier molecular flexibility index (Phi) is 6.27. The van der Waals surface area contributed by atoms with Crippen molar-refractivity contribution < 1.29 is 9.59 Å². The standard InChI is InChI=1S/C16H26N4O2S/c1-4-12(2)17-15(21)13(3)18-16(22)20-9-7-19(8-10-20)14-6-5-11-23-14/h5-6,11-13H,4,7-10H2,1-3H3,(H,17,21)(H,18,22). The molecule has 2 atom stereocenters. The number of rotatable bonds is 5. The van der Waals surface area contributed by atoms with Crippen molar-refractivity contribution >= 4 is 28.3 Å². The highest BCUT2D eigenvalue weighted by Gasteiger charge is 2.24. The molecule has 1 aromatic rings. The fourth-order valence-electron chi connectivity index (χ4n) is 2.39. The number of carbonyl (C=O) groups excluding carboxylic acids is 2. The number of nitrogens with zero attached hydrogens (tertiary/aromatic N) is 2. The van der Waals surface area contributed by atoms with Crippen LogP contribution in [0, 0.1) is 0 Å². The molecule has 0 spiro atoms. The van der Waals surface area contributed by atoms with Crippen LogP contribution < -0.4 is 15.5 Å². The third-order valence-electron chi connectivity index (χ3n) is 4.12. The van der Waals surface area contributed by atoms with Crippen molar-refractivity contribution in [2.75, 3.05) is 31.1 Å². The Morgan fingerprint density at radius 1 is 1.22 bits per heavy atom. The lowest BCUT2D eigenvalue weighted by Crippen LogP contribution is -2.55. The molecule has 1 aromatic heterocycles. The monoisotopic (exact) mass is 338 g/mol. The Hall–Kier alpha value is -1.76. The van der Waals surface area contributed by atoms with E-state index in [1.165, 1.54) is 5.00 Å². The van der Waals surface area contributed by atoms with Gasteiger partial charge in [0.25, 0.3) is 0 Å². The summed E-state index contributed by atoms with van der Waals surface area (Å²) in [5.74, 6) is -0.134. The molecule has 2 N–H and O–H groups in total. The second kappa shape index (κ2) is 8.19. The van der Waals surface area contributed by atoms with Crippen LogP contribution in [-0.2, 0) is 4.79 Å². The number of anilines is 1. The van der Waals surface area contributed by atoms with E-state index in [9.17, 15) is 9.59 Å². The molecule has 1 aliphatic rings. The van der Waals surface area contributed by atoms with E-state index in [2.05, 4.69) is 27.0 Å². The highest BCUT2D eigenvalue weighted by Crippen LogP contribution is 2.22. The van der Waals surface area contributed by atoms with Gasteiger partial charge in [0.05, 0.1) is 5.00 Å². The molecule has 7 heteroatoms. The smallest absolute Gasteiger partial charge is 0.318 e. The van der Waals surface area contributed by atoms with Crippen molar-refractivity contribution in [3.63, 3.8) is 0 Å². The molecule has 0 radical (unpaired) electrons. The van der Waals surface area contributed by atoms with E-state index in [4.69, 9.17) is 0 Å². The molecule has 0 aromatic carbocycles. The normalized spacial score (nSPS) is 17.5. The van der Waals surface area contributed by atoms with E-state index >= 15 is 0 Å². The molecule has 23 heavy (non-hydrogen) atoms. The number of carbonyl (C=O) groups is 2. The maximum Gasteiger partial charge on any atom is 0.318 e. The Morgan fingerprint density at radius 2 is 1.91 bits per heavy atom. The lowest BCUT2D eigenvalue weighted by atomic mass is 10.2. The molecule has 1 aliphatic heterocycles. The topological polar surface area (TPSA) is 64.7 Å². The predicted molar refractivity (Wildman–Crippen MR) is 94.0 cm³/mol. The van der Waals surface area contributed by atoms with Gasteiger partial charge in [0, 0.05) is 32.2 Å². The highest BCUT2D eigenvalue weighted by atomic mass is 32.1. The van der Waals surface area contributed by atoms with E-state index in [-0.39, 0.29) is 18.0 Å². The fourth-order valence-corrected chi connectivity index (χ4v) is 3.18. The van der Waals surface area contributed by atoms with Gasteiger partial charge in [-0.25, -0.2) is 4.79 Å². The minimum absolute atomic E-state index is 0.121. The molecule has 2 rings (SSSR count). The number of hydrogen-bond acceptors (Lipinski definition) is 4. The second-order valence-electron chi connectivity index (χ2n) is 5.91. The zero-order valence-electron chi connectivity index (χ0n) is 14.0. The van der Waals surface area contributed by atoms with Crippen LogP contribution >= 0.6 is 11.3 Å². The zero-order valence-corrected chi connectivity index (χ0v) is 14.9. The van der Waals surface area contributed by atoms with Gasteiger partial charge in [-0.05, 0) is 37.8 Å². The van der Waals surface area contributed by atoms with Gasteiger partial charge in [0.15, 0.2) is 0 Å². The van der Waals surface area contributed by atoms with Gasteiger partial charge >= 0.3 is 6.03 Å². The average molecular weight is 338 g/mol.